The van der Waals surface area contributed by atoms with Crippen LogP contribution in [-0.4, -0.2) is 72.9 Å². The highest BCUT2D eigenvalue weighted by Gasteiger charge is 2.41. The Balaban J connectivity index is 1.57. The molecule has 5 rings (SSSR count). The lowest BCUT2D eigenvalue weighted by atomic mass is 10.00. The molecular formula is C30H44N8O2. The number of hydrogen-bond donors (Lipinski definition) is 3. The summed E-state index contributed by atoms with van der Waals surface area (Å²) in [6.45, 7) is 17.0. The van der Waals surface area contributed by atoms with Gasteiger partial charge in [-0.2, -0.15) is 4.98 Å². The predicted octanol–water partition coefficient (Wildman–Crippen LogP) is 4.68. The Morgan fingerprint density at radius 2 is 1.75 bits per heavy atom. The summed E-state index contributed by atoms with van der Waals surface area (Å²) in [4.78, 5) is 32.6. The number of nitrogens with one attached hydrogen (secondary N) is 2. The molecule has 10 nitrogen and oxygen atoms in total. The second-order valence-corrected chi connectivity index (χ2v) is 12.7. The first-order valence-corrected chi connectivity index (χ1v) is 14.5. The van der Waals surface area contributed by atoms with E-state index >= 15 is 0 Å². The van der Waals surface area contributed by atoms with Gasteiger partial charge in [0, 0.05) is 43.1 Å². The number of hydrogen-bond acceptors (Lipinski definition) is 8. The molecule has 0 radical (unpaired) electrons. The topological polar surface area (TPSA) is 111 Å². The molecule has 1 amide bonds. The standard InChI is InChI=1S/C30H44N8O2/c1-19-24-20(2)33-28(34-23-13-12-22(18-32-23)36-16-14-31-15-17-36)35-26(24)37(21-10-8-9-11-21)25(19)27(39)38(29(3,4)5)30(6,7)40/h12-13,18,21,31,40H,8-11,14-17H2,1-7H3,(H,32,33,34,35). The molecule has 40 heavy (non-hydrogen) atoms. The third-order valence-corrected chi connectivity index (χ3v) is 8.05. The average Bonchev–Trinajstić information content (AvgIpc) is 3.49. The van der Waals surface area contributed by atoms with Crippen molar-refractivity contribution in [1.29, 1.82) is 0 Å². The molecule has 1 aliphatic heterocycles. The summed E-state index contributed by atoms with van der Waals surface area (Å²) >= 11 is 0. The van der Waals surface area contributed by atoms with Gasteiger partial charge in [0.25, 0.3) is 5.91 Å². The summed E-state index contributed by atoms with van der Waals surface area (Å²) in [7, 11) is 0. The molecule has 1 saturated carbocycles. The first-order valence-electron chi connectivity index (χ1n) is 14.5. The Kier molecular flexibility index (Phi) is 7.52. The second kappa shape index (κ2) is 10.6. The highest BCUT2D eigenvalue weighted by molar-refractivity contribution is 6.02. The molecule has 4 heterocycles. The third kappa shape index (κ3) is 5.39. The van der Waals surface area contributed by atoms with E-state index in [2.05, 4.69) is 31.2 Å². The fraction of sp³-hybridized carbons (Fsp3) is 0.600. The van der Waals surface area contributed by atoms with Crippen LogP contribution in [-0.2, 0) is 0 Å². The average molecular weight is 549 g/mol. The minimum atomic E-state index is -1.34. The van der Waals surface area contributed by atoms with Crippen LogP contribution in [0, 0.1) is 13.8 Å². The molecule has 1 saturated heterocycles. The van der Waals surface area contributed by atoms with Crippen LogP contribution in [0.2, 0.25) is 0 Å². The molecule has 0 spiro atoms. The molecule has 0 atom stereocenters. The fourth-order valence-electron chi connectivity index (χ4n) is 6.58. The Morgan fingerprint density at radius 3 is 2.33 bits per heavy atom. The summed E-state index contributed by atoms with van der Waals surface area (Å²) in [5.74, 6) is 0.936. The Bertz CT molecular complexity index is 1360. The van der Waals surface area contributed by atoms with E-state index in [4.69, 9.17) is 9.97 Å². The number of piperazine rings is 1. The number of aliphatic hydroxyl groups is 1. The van der Waals surface area contributed by atoms with Crippen LogP contribution in [0.1, 0.15) is 88.1 Å². The lowest BCUT2D eigenvalue weighted by Crippen LogP contribution is -2.57. The van der Waals surface area contributed by atoms with Gasteiger partial charge in [-0.05, 0) is 79.0 Å². The van der Waals surface area contributed by atoms with Crippen LogP contribution in [0.3, 0.4) is 0 Å². The van der Waals surface area contributed by atoms with Crippen molar-refractivity contribution in [2.75, 3.05) is 36.4 Å². The van der Waals surface area contributed by atoms with Crippen LogP contribution < -0.4 is 15.5 Å². The van der Waals surface area contributed by atoms with Crippen molar-refractivity contribution in [3.8, 4) is 0 Å². The first kappa shape index (κ1) is 28.3. The predicted molar refractivity (Wildman–Crippen MR) is 159 cm³/mol. The van der Waals surface area contributed by atoms with Gasteiger partial charge >= 0.3 is 0 Å². The first-order chi connectivity index (χ1) is 18.9. The van der Waals surface area contributed by atoms with Gasteiger partial charge < -0.3 is 30.1 Å². The lowest BCUT2D eigenvalue weighted by molar-refractivity contribution is -0.0953. The van der Waals surface area contributed by atoms with Crippen molar-refractivity contribution >= 4 is 34.4 Å². The van der Waals surface area contributed by atoms with Gasteiger partial charge in [0.15, 0.2) is 0 Å². The molecule has 3 N–H and O–H groups in total. The Hall–Kier alpha value is -3.24. The van der Waals surface area contributed by atoms with Crippen LogP contribution in [0.5, 0.6) is 0 Å². The van der Waals surface area contributed by atoms with Crippen LogP contribution in [0.4, 0.5) is 17.5 Å². The highest BCUT2D eigenvalue weighted by atomic mass is 16.3. The summed E-state index contributed by atoms with van der Waals surface area (Å²) in [6.07, 6.45) is 6.09. The van der Waals surface area contributed by atoms with Gasteiger partial charge in [-0.3, -0.25) is 4.79 Å². The van der Waals surface area contributed by atoms with Crippen molar-refractivity contribution in [2.24, 2.45) is 0 Å². The van der Waals surface area contributed by atoms with Gasteiger partial charge in [0.1, 0.15) is 22.9 Å². The lowest BCUT2D eigenvalue weighted by Gasteiger charge is -2.44. The van der Waals surface area contributed by atoms with E-state index in [9.17, 15) is 9.90 Å². The maximum Gasteiger partial charge on any atom is 0.273 e. The number of carbonyl (C=O) groups excluding carboxylic acids is 1. The highest BCUT2D eigenvalue weighted by Crippen LogP contribution is 2.39. The van der Waals surface area contributed by atoms with Gasteiger partial charge in [-0.15, -0.1) is 0 Å². The van der Waals surface area contributed by atoms with Gasteiger partial charge in [0.2, 0.25) is 5.95 Å². The van der Waals surface area contributed by atoms with Crippen molar-refractivity contribution in [3.05, 3.63) is 35.3 Å². The molecule has 3 aromatic heterocycles. The SMILES string of the molecule is Cc1nc(Nc2ccc(N3CCNCC3)cn2)nc2c1c(C)c(C(=O)N(C(C)(C)C)C(C)(C)O)n2C1CCCC1. The molecule has 2 fully saturated rings. The van der Waals surface area contributed by atoms with Gasteiger partial charge in [-0.25, -0.2) is 9.97 Å². The van der Waals surface area contributed by atoms with Crippen molar-refractivity contribution in [1.82, 2.24) is 29.7 Å². The van der Waals surface area contributed by atoms with E-state index < -0.39 is 11.3 Å². The van der Waals surface area contributed by atoms with E-state index in [-0.39, 0.29) is 11.9 Å². The zero-order chi connectivity index (χ0) is 28.8. The smallest absolute Gasteiger partial charge is 0.273 e. The molecule has 3 aromatic rings. The summed E-state index contributed by atoms with van der Waals surface area (Å²) in [5.41, 5.74) is 2.18. The number of aryl methyl sites for hydroxylation is 2. The number of carbonyl (C=O) groups is 1. The van der Waals surface area contributed by atoms with E-state index in [1.807, 2.05) is 46.9 Å². The molecule has 216 valence electrons. The molecule has 0 unspecified atom stereocenters. The number of anilines is 3. The Morgan fingerprint density at radius 1 is 1.07 bits per heavy atom. The molecule has 10 heteroatoms. The van der Waals surface area contributed by atoms with Gasteiger partial charge in [0.05, 0.1) is 17.6 Å². The van der Waals surface area contributed by atoms with Crippen LogP contribution >= 0.6 is 0 Å². The number of amides is 1. The van der Waals surface area contributed by atoms with E-state index in [0.29, 0.717) is 17.5 Å². The molecule has 0 aromatic carbocycles. The second-order valence-electron chi connectivity index (χ2n) is 12.7. The van der Waals surface area contributed by atoms with Crippen LogP contribution in [0.15, 0.2) is 18.3 Å². The molecule has 0 bridgehead atoms. The quantitative estimate of drug-likeness (QED) is 0.381. The molecular weight excluding hydrogens is 504 g/mol. The molecule has 1 aliphatic carbocycles. The van der Waals surface area contributed by atoms with Crippen LogP contribution in [0.25, 0.3) is 11.0 Å². The maximum absolute atomic E-state index is 14.3. The van der Waals surface area contributed by atoms with E-state index in [1.165, 1.54) is 0 Å². The Labute approximate surface area is 237 Å². The number of fused-ring (bicyclic) bond motifs is 1. The number of pyridine rings is 1. The normalized spacial score (nSPS) is 17.1. The largest absolute Gasteiger partial charge is 0.371 e. The summed E-state index contributed by atoms with van der Waals surface area (Å²) < 4.78 is 2.13. The van der Waals surface area contributed by atoms with E-state index in [1.54, 1.807) is 18.7 Å². The number of rotatable bonds is 6. The zero-order valence-corrected chi connectivity index (χ0v) is 25.0. The van der Waals surface area contributed by atoms with Gasteiger partial charge in [-0.1, -0.05) is 12.8 Å². The van der Waals surface area contributed by atoms with Crippen molar-refractivity contribution in [3.63, 3.8) is 0 Å². The minimum Gasteiger partial charge on any atom is -0.371 e. The monoisotopic (exact) mass is 548 g/mol. The minimum absolute atomic E-state index is 0.164. The summed E-state index contributed by atoms with van der Waals surface area (Å²) in [5, 5.41) is 18.7. The maximum atomic E-state index is 14.3. The van der Waals surface area contributed by atoms with Crippen molar-refractivity contribution < 1.29 is 9.90 Å². The van der Waals surface area contributed by atoms with Crippen molar-refractivity contribution in [2.45, 2.75) is 91.5 Å². The zero-order valence-electron chi connectivity index (χ0n) is 25.0. The number of aromatic nitrogens is 4. The molecule has 2 aliphatic rings. The summed E-state index contributed by atoms with van der Waals surface area (Å²) in [6, 6.07) is 4.20. The fourth-order valence-corrected chi connectivity index (χ4v) is 6.58. The van der Waals surface area contributed by atoms with E-state index in [0.717, 1.165) is 79.8 Å². The number of nitrogens with zero attached hydrogens (tertiary/aromatic N) is 6. The third-order valence-electron chi connectivity index (χ3n) is 8.05.